The summed E-state index contributed by atoms with van der Waals surface area (Å²) in [6.45, 7) is 0.0572. The lowest BCUT2D eigenvalue weighted by Gasteiger charge is -2.31. The van der Waals surface area contributed by atoms with E-state index in [1.165, 1.54) is 4.90 Å². The van der Waals surface area contributed by atoms with Crippen molar-refractivity contribution in [2.45, 2.75) is 0 Å². The topological polar surface area (TPSA) is 99.3 Å². The number of benzene rings is 1. The lowest BCUT2D eigenvalue weighted by Crippen LogP contribution is -2.57. The van der Waals surface area contributed by atoms with Gasteiger partial charge in [-0.25, -0.2) is 4.79 Å². The summed E-state index contributed by atoms with van der Waals surface area (Å²) in [5.41, 5.74) is 5.92. The summed E-state index contributed by atoms with van der Waals surface area (Å²) in [7, 11) is 0. The first kappa shape index (κ1) is 12.4. The highest BCUT2D eigenvalue weighted by Crippen LogP contribution is 2.21. The minimum absolute atomic E-state index is 0.0572. The summed E-state index contributed by atoms with van der Waals surface area (Å²) in [5, 5.41) is 10.0. The molecule has 1 heterocycles. The second-order valence-corrected chi connectivity index (χ2v) is 4.33. The molecule has 1 fully saturated rings. The predicted octanol–water partition coefficient (Wildman–Crippen LogP) is 0.948. The third-order valence-corrected chi connectivity index (χ3v) is 2.92. The molecule has 1 aliphatic rings. The maximum absolute atomic E-state index is 11.7. The Bertz CT molecular complexity index is 514. The minimum atomic E-state index is -0.821. The van der Waals surface area contributed by atoms with Gasteiger partial charge < -0.3 is 5.73 Å². The molecule has 3 amide bonds. The van der Waals surface area contributed by atoms with Crippen LogP contribution in [-0.4, -0.2) is 24.3 Å². The van der Waals surface area contributed by atoms with Crippen LogP contribution in [0.5, 0.6) is 0 Å². The Morgan fingerprint density at radius 2 is 2.00 bits per heavy atom. The second-order valence-electron chi connectivity index (χ2n) is 3.89. The number of nitrogens with one attached hydrogen (secondary N) is 2. The number of nitrogens with zero attached hydrogens (tertiary/aromatic N) is 1. The number of nitrogens with two attached hydrogens (primary N) is 1. The number of rotatable bonds is 2. The van der Waals surface area contributed by atoms with E-state index in [-0.39, 0.29) is 12.4 Å². The van der Waals surface area contributed by atoms with E-state index in [4.69, 9.17) is 22.7 Å². The fourth-order valence-corrected chi connectivity index (χ4v) is 1.82. The first-order valence-corrected chi connectivity index (χ1v) is 5.58. The van der Waals surface area contributed by atoms with Gasteiger partial charge in [0.25, 0.3) is 0 Å². The number of carbonyl (C=O) groups excluding carboxylic acids is 2. The highest BCUT2D eigenvalue weighted by atomic mass is 35.5. The van der Waals surface area contributed by atoms with Crippen molar-refractivity contribution in [3.63, 3.8) is 0 Å². The molecule has 0 spiro atoms. The van der Waals surface area contributed by atoms with Crippen molar-refractivity contribution in [2.75, 3.05) is 11.4 Å². The standard InChI is InChI=1S/C11H11ClN4O2/c12-6-1-3-7(4-2-6)16-5-8(9(13)14)10(17)15-11(16)18/h1-4,8H,5H2,(H3,13,14)(H,15,17,18)/t8-/m0/s1. The molecule has 0 bridgehead atoms. The van der Waals surface area contributed by atoms with Crippen LogP contribution in [0.3, 0.4) is 0 Å². The molecule has 7 heteroatoms. The van der Waals surface area contributed by atoms with Gasteiger partial charge in [-0.2, -0.15) is 0 Å². The Balaban J connectivity index is 2.27. The Morgan fingerprint density at radius 3 is 2.56 bits per heavy atom. The second kappa shape index (κ2) is 4.66. The van der Waals surface area contributed by atoms with Gasteiger partial charge in [-0.1, -0.05) is 11.6 Å². The highest BCUT2D eigenvalue weighted by Gasteiger charge is 2.34. The first-order valence-electron chi connectivity index (χ1n) is 5.21. The molecular weight excluding hydrogens is 256 g/mol. The Hall–Kier alpha value is -2.08. The number of hydrogen-bond donors (Lipinski definition) is 3. The number of hydrogen-bond acceptors (Lipinski definition) is 3. The summed E-state index contributed by atoms with van der Waals surface area (Å²) in [4.78, 5) is 24.5. The number of amides is 3. The summed E-state index contributed by atoms with van der Waals surface area (Å²) < 4.78 is 0. The van der Waals surface area contributed by atoms with Gasteiger partial charge in [-0.15, -0.1) is 0 Å². The predicted molar refractivity (Wildman–Crippen MR) is 67.7 cm³/mol. The lowest BCUT2D eigenvalue weighted by atomic mass is 10.0. The fourth-order valence-electron chi connectivity index (χ4n) is 1.69. The summed E-state index contributed by atoms with van der Waals surface area (Å²) >= 11 is 5.76. The number of anilines is 1. The van der Waals surface area contributed by atoms with E-state index in [1.807, 2.05) is 0 Å². The number of imide groups is 1. The van der Waals surface area contributed by atoms with E-state index in [0.29, 0.717) is 10.7 Å². The quantitative estimate of drug-likeness (QED) is 0.549. The summed E-state index contributed by atoms with van der Waals surface area (Å²) in [5.74, 6) is -1.63. The monoisotopic (exact) mass is 266 g/mol. The normalized spacial score (nSPS) is 19.6. The maximum atomic E-state index is 11.7. The molecule has 0 unspecified atom stereocenters. The Labute approximate surface area is 108 Å². The third kappa shape index (κ3) is 2.28. The Kier molecular flexibility index (Phi) is 3.20. The van der Waals surface area contributed by atoms with Gasteiger partial charge in [0.2, 0.25) is 5.91 Å². The van der Waals surface area contributed by atoms with Crippen molar-refractivity contribution in [1.82, 2.24) is 5.32 Å². The molecule has 1 atom stereocenters. The van der Waals surface area contributed by atoms with Crippen molar-refractivity contribution in [3.8, 4) is 0 Å². The molecule has 1 aliphatic heterocycles. The van der Waals surface area contributed by atoms with Crippen LogP contribution in [0.2, 0.25) is 5.02 Å². The van der Waals surface area contributed by atoms with E-state index in [0.717, 1.165) is 0 Å². The van der Waals surface area contributed by atoms with Crippen LogP contribution in [0.15, 0.2) is 24.3 Å². The molecule has 2 rings (SSSR count). The molecule has 6 nitrogen and oxygen atoms in total. The number of amidine groups is 1. The SMILES string of the molecule is N=C(N)[C@@H]1CN(c2ccc(Cl)cc2)C(=O)NC1=O. The number of halogens is 1. The van der Waals surface area contributed by atoms with Crippen molar-refractivity contribution in [3.05, 3.63) is 29.3 Å². The smallest absolute Gasteiger partial charge is 0.328 e. The van der Waals surface area contributed by atoms with E-state index < -0.39 is 17.9 Å². The largest absolute Gasteiger partial charge is 0.387 e. The number of carbonyl (C=O) groups is 2. The van der Waals surface area contributed by atoms with E-state index in [9.17, 15) is 9.59 Å². The zero-order valence-electron chi connectivity index (χ0n) is 9.31. The van der Waals surface area contributed by atoms with Crippen LogP contribution in [0, 0.1) is 11.3 Å². The molecule has 0 radical (unpaired) electrons. The summed E-state index contributed by atoms with van der Waals surface area (Å²) in [6.07, 6.45) is 0. The lowest BCUT2D eigenvalue weighted by molar-refractivity contribution is -0.122. The summed E-state index contributed by atoms with van der Waals surface area (Å²) in [6, 6.07) is 6.08. The zero-order valence-corrected chi connectivity index (χ0v) is 10.1. The Morgan fingerprint density at radius 1 is 1.39 bits per heavy atom. The molecular formula is C11H11ClN4O2. The van der Waals surface area contributed by atoms with Crippen LogP contribution >= 0.6 is 11.6 Å². The molecule has 0 saturated carbocycles. The molecule has 1 saturated heterocycles. The number of urea groups is 1. The van der Waals surface area contributed by atoms with E-state index in [2.05, 4.69) is 5.32 Å². The molecule has 0 aliphatic carbocycles. The van der Waals surface area contributed by atoms with Crippen LogP contribution in [0.4, 0.5) is 10.5 Å². The van der Waals surface area contributed by atoms with Crippen LogP contribution in [-0.2, 0) is 4.79 Å². The van der Waals surface area contributed by atoms with Crippen LogP contribution in [0.25, 0.3) is 0 Å². The average molecular weight is 267 g/mol. The average Bonchev–Trinajstić information content (AvgIpc) is 2.30. The molecule has 4 N–H and O–H groups in total. The maximum Gasteiger partial charge on any atom is 0.328 e. The van der Waals surface area contributed by atoms with Gasteiger partial charge in [0.05, 0.1) is 0 Å². The van der Waals surface area contributed by atoms with Gasteiger partial charge in [-0.05, 0) is 24.3 Å². The van der Waals surface area contributed by atoms with Gasteiger partial charge in [-0.3, -0.25) is 20.4 Å². The fraction of sp³-hybridized carbons (Fsp3) is 0.182. The van der Waals surface area contributed by atoms with Crippen molar-refractivity contribution in [2.24, 2.45) is 11.7 Å². The van der Waals surface area contributed by atoms with Crippen molar-refractivity contribution < 1.29 is 9.59 Å². The van der Waals surface area contributed by atoms with Crippen molar-refractivity contribution >= 4 is 35.1 Å². The third-order valence-electron chi connectivity index (χ3n) is 2.67. The van der Waals surface area contributed by atoms with Crippen molar-refractivity contribution in [1.29, 1.82) is 5.41 Å². The van der Waals surface area contributed by atoms with E-state index in [1.54, 1.807) is 24.3 Å². The zero-order chi connectivity index (χ0) is 13.3. The van der Waals surface area contributed by atoms with Crippen LogP contribution < -0.4 is 16.0 Å². The van der Waals surface area contributed by atoms with Gasteiger partial charge in [0.1, 0.15) is 11.8 Å². The highest BCUT2D eigenvalue weighted by molar-refractivity contribution is 6.30. The van der Waals surface area contributed by atoms with E-state index >= 15 is 0 Å². The van der Waals surface area contributed by atoms with Crippen LogP contribution in [0.1, 0.15) is 0 Å². The first-order chi connectivity index (χ1) is 8.49. The molecule has 0 aromatic heterocycles. The minimum Gasteiger partial charge on any atom is -0.387 e. The van der Waals surface area contributed by atoms with Gasteiger partial charge in [0.15, 0.2) is 0 Å². The molecule has 1 aromatic rings. The van der Waals surface area contributed by atoms with Gasteiger partial charge in [0, 0.05) is 17.3 Å². The molecule has 94 valence electrons. The van der Waals surface area contributed by atoms with Gasteiger partial charge >= 0.3 is 6.03 Å². The molecule has 1 aromatic carbocycles. The molecule has 18 heavy (non-hydrogen) atoms.